The predicted octanol–water partition coefficient (Wildman–Crippen LogP) is 2.13. The van der Waals surface area contributed by atoms with E-state index in [1.165, 1.54) is 0 Å². The largest absolute Gasteiger partial charge is 0.416 e. The van der Waals surface area contributed by atoms with Crippen molar-refractivity contribution < 1.29 is 18.0 Å². The topological polar surface area (TPSA) is 91.0 Å². The van der Waals surface area contributed by atoms with E-state index in [2.05, 4.69) is 10.6 Å². The second-order valence-corrected chi connectivity index (χ2v) is 3.66. The molecule has 0 aromatic heterocycles. The number of urea groups is 1. The molecule has 0 unspecified atom stereocenters. The molecule has 0 saturated carbocycles. The fourth-order valence-electron chi connectivity index (χ4n) is 1.38. The van der Waals surface area contributed by atoms with Crippen molar-refractivity contribution in [2.45, 2.75) is 13.1 Å². The first-order valence-electron chi connectivity index (χ1n) is 5.36. The highest BCUT2D eigenvalue weighted by molar-refractivity contribution is 6.04. The lowest BCUT2D eigenvalue weighted by Crippen LogP contribution is -2.29. The SMILES string of the molecule is CCNC(=O)Nc1ccc(C(F)(F)F)cc1C(=N)N. The van der Waals surface area contributed by atoms with Gasteiger partial charge in [0.05, 0.1) is 11.3 Å². The number of carbonyl (C=O) groups excluding carboxylic acids is 1. The average molecular weight is 274 g/mol. The zero-order chi connectivity index (χ0) is 14.6. The molecule has 0 aliphatic carbocycles. The van der Waals surface area contributed by atoms with Crippen LogP contribution in [0.25, 0.3) is 0 Å². The minimum Gasteiger partial charge on any atom is -0.384 e. The number of rotatable bonds is 3. The van der Waals surface area contributed by atoms with Crippen LogP contribution in [0.3, 0.4) is 0 Å². The number of halogens is 3. The van der Waals surface area contributed by atoms with Gasteiger partial charge in [-0.3, -0.25) is 5.41 Å². The lowest BCUT2D eigenvalue weighted by atomic mass is 10.1. The third-order valence-electron chi connectivity index (χ3n) is 2.22. The first kappa shape index (κ1) is 14.8. The van der Waals surface area contributed by atoms with Crippen molar-refractivity contribution >= 4 is 17.6 Å². The number of hydrogen-bond donors (Lipinski definition) is 4. The lowest BCUT2D eigenvalue weighted by Gasteiger charge is -2.13. The maximum absolute atomic E-state index is 12.5. The Morgan fingerprint density at radius 2 is 2.05 bits per heavy atom. The standard InChI is InChI=1S/C11H13F3N4O/c1-2-17-10(19)18-8-4-3-6(11(12,13)14)5-7(8)9(15)16/h3-5H,2H2,1H3,(H3,15,16)(H2,17,18,19). The van der Waals surface area contributed by atoms with E-state index in [9.17, 15) is 18.0 Å². The van der Waals surface area contributed by atoms with Crippen molar-refractivity contribution in [3.05, 3.63) is 29.3 Å². The molecule has 0 aliphatic rings. The molecule has 8 heteroatoms. The number of nitrogens with two attached hydrogens (primary N) is 1. The van der Waals surface area contributed by atoms with Crippen molar-refractivity contribution in [1.82, 2.24) is 5.32 Å². The Kier molecular flexibility index (Phi) is 4.36. The maximum Gasteiger partial charge on any atom is 0.416 e. The molecular formula is C11H13F3N4O. The van der Waals surface area contributed by atoms with Crippen LogP contribution in [0.15, 0.2) is 18.2 Å². The number of alkyl halides is 3. The molecule has 0 atom stereocenters. The number of carbonyl (C=O) groups is 1. The molecule has 0 bridgehead atoms. The van der Waals surface area contributed by atoms with Gasteiger partial charge < -0.3 is 16.4 Å². The molecular weight excluding hydrogens is 261 g/mol. The quantitative estimate of drug-likeness (QED) is 0.502. The molecule has 0 saturated heterocycles. The summed E-state index contributed by atoms with van der Waals surface area (Å²) in [5.41, 5.74) is 4.16. The second kappa shape index (κ2) is 5.59. The Bertz CT molecular complexity index is 499. The molecule has 19 heavy (non-hydrogen) atoms. The molecule has 5 N–H and O–H groups in total. The minimum atomic E-state index is -4.53. The Balaban J connectivity index is 3.12. The number of anilines is 1. The molecule has 0 aliphatic heterocycles. The highest BCUT2D eigenvalue weighted by Gasteiger charge is 2.31. The van der Waals surface area contributed by atoms with Crippen LogP contribution in [0, 0.1) is 5.41 Å². The van der Waals surface area contributed by atoms with E-state index >= 15 is 0 Å². The molecule has 0 heterocycles. The summed E-state index contributed by atoms with van der Waals surface area (Å²) in [7, 11) is 0. The highest BCUT2D eigenvalue weighted by atomic mass is 19.4. The van der Waals surface area contributed by atoms with Gasteiger partial charge in [-0.2, -0.15) is 13.2 Å². The molecule has 0 fully saturated rings. The van der Waals surface area contributed by atoms with Gasteiger partial charge in [0.25, 0.3) is 0 Å². The van der Waals surface area contributed by atoms with E-state index in [1.807, 2.05) is 0 Å². The van der Waals surface area contributed by atoms with Crippen molar-refractivity contribution in [3.63, 3.8) is 0 Å². The van der Waals surface area contributed by atoms with Crippen LogP contribution in [-0.2, 0) is 6.18 Å². The highest BCUT2D eigenvalue weighted by Crippen LogP contribution is 2.31. The van der Waals surface area contributed by atoms with Gasteiger partial charge in [-0.05, 0) is 25.1 Å². The number of amidine groups is 1. The van der Waals surface area contributed by atoms with Crippen LogP contribution >= 0.6 is 0 Å². The van der Waals surface area contributed by atoms with Gasteiger partial charge in [-0.15, -0.1) is 0 Å². The monoisotopic (exact) mass is 274 g/mol. The number of benzene rings is 1. The van der Waals surface area contributed by atoms with Gasteiger partial charge in [0, 0.05) is 12.1 Å². The van der Waals surface area contributed by atoms with E-state index in [1.54, 1.807) is 6.92 Å². The summed E-state index contributed by atoms with van der Waals surface area (Å²) in [5, 5.41) is 12.0. The third kappa shape index (κ3) is 3.87. The van der Waals surface area contributed by atoms with Crippen molar-refractivity contribution in [1.29, 1.82) is 5.41 Å². The summed E-state index contributed by atoms with van der Waals surface area (Å²) < 4.78 is 37.6. The molecule has 1 rings (SSSR count). The van der Waals surface area contributed by atoms with Gasteiger partial charge in [0.1, 0.15) is 5.84 Å². The van der Waals surface area contributed by atoms with Gasteiger partial charge in [0.2, 0.25) is 0 Å². The zero-order valence-corrected chi connectivity index (χ0v) is 10.1. The van der Waals surface area contributed by atoms with E-state index in [4.69, 9.17) is 11.1 Å². The Hall–Kier alpha value is -2.25. The van der Waals surface area contributed by atoms with Gasteiger partial charge >= 0.3 is 12.2 Å². The van der Waals surface area contributed by atoms with E-state index in [0.29, 0.717) is 6.54 Å². The number of nitrogen functional groups attached to an aromatic ring is 1. The normalized spacial score (nSPS) is 10.9. The fourth-order valence-corrected chi connectivity index (χ4v) is 1.38. The molecule has 5 nitrogen and oxygen atoms in total. The summed E-state index contributed by atoms with van der Waals surface area (Å²) >= 11 is 0. The fraction of sp³-hybridized carbons (Fsp3) is 0.273. The van der Waals surface area contributed by atoms with Crippen LogP contribution in [0.4, 0.5) is 23.7 Å². The number of nitrogens with one attached hydrogen (secondary N) is 3. The van der Waals surface area contributed by atoms with E-state index < -0.39 is 23.6 Å². The maximum atomic E-state index is 12.5. The van der Waals surface area contributed by atoms with Gasteiger partial charge in [-0.25, -0.2) is 4.79 Å². The summed E-state index contributed by atoms with van der Waals surface area (Å²) in [6.45, 7) is 2.06. The van der Waals surface area contributed by atoms with E-state index in [0.717, 1.165) is 18.2 Å². The van der Waals surface area contributed by atoms with Gasteiger partial charge in [-0.1, -0.05) is 0 Å². The van der Waals surface area contributed by atoms with Crippen LogP contribution < -0.4 is 16.4 Å². The van der Waals surface area contributed by atoms with Crippen LogP contribution in [-0.4, -0.2) is 18.4 Å². The Morgan fingerprint density at radius 3 is 2.53 bits per heavy atom. The Morgan fingerprint density at radius 1 is 1.42 bits per heavy atom. The van der Waals surface area contributed by atoms with Crippen LogP contribution in [0.1, 0.15) is 18.1 Å². The second-order valence-electron chi connectivity index (χ2n) is 3.66. The third-order valence-corrected chi connectivity index (χ3v) is 2.22. The smallest absolute Gasteiger partial charge is 0.384 e. The van der Waals surface area contributed by atoms with Gasteiger partial charge in [0.15, 0.2) is 0 Å². The first-order valence-corrected chi connectivity index (χ1v) is 5.36. The summed E-state index contributed by atoms with van der Waals surface area (Å²) in [6, 6.07) is 2.02. The van der Waals surface area contributed by atoms with Crippen LogP contribution in [0.2, 0.25) is 0 Å². The van der Waals surface area contributed by atoms with Crippen molar-refractivity contribution in [2.75, 3.05) is 11.9 Å². The van der Waals surface area contributed by atoms with Crippen molar-refractivity contribution in [2.24, 2.45) is 5.73 Å². The molecule has 2 amide bonds. The molecule has 0 radical (unpaired) electrons. The summed E-state index contributed by atoms with van der Waals surface area (Å²) in [4.78, 5) is 11.3. The first-order chi connectivity index (χ1) is 8.75. The molecule has 1 aromatic rings. The Labute approximate surface area is 107 Å². The number of amides is 2. The summed E-state index contributed by atoms with van der Waals surface area (Å²) in [6.07, 6.45) is -4.53. The molecule has 1 aromatic carbocycles. The summed E-state index contributed by atoms with van der Waals surface area (Å²) in [5.74, 6) is -0.558. The number of hydrogen-bond acceptors (Lipinski definition) is 2. The van der Waals surface area contributed by atoms with Crippen molar-refractivity contribution in [3.8, 4) is 0 Å². The average Bonchev–Trinajstić information content (AvgIpc) is 2.27. The predicted molar refractivity (Wildman–Crippen MR) is 65.2 cm³/mol. The molecule has 0 spiro atoms. The minimum absolute atomic E-state index is 0.0476. The zero-order valence-electron chi connectivity index (χ0n) is 10.1. The lowest BCUT2D eigenvalue weighted by molar-refractivity contribution is -0.137. The van der Waals surface area contributed by atoms with E-state index in [-0.39, 0.29) is 11.3 Å². The van der Waals surface area contributed by atoms with Crippen LogP contribution in [0.5, 0.6) is 0 Å². The molecule has 104 valence electrons.